The summed E-state index contributed by atoms with van der Waals surface area (Å²) in [4.78, 5) is 8.82. The number of fused-ring (bicyclic) bond motifs is 1. The first kappa shape index (κ1) is 20.4. The van der Waals surface area contributed by atoms with Crippen LogP contribution in [0.1, 0.15) is 17.6 Å². The highest BCUT2D eigenvalue weighted by Gasteiger charge is 2.20. The lowest BCUT2D eigenvalue weighted by molar-refractivity contribution is 0.402. The first-order valence-electron chi connectivity index (χ1n) is 9.19. The van der Waals surface area contributed by atoms with Crippen LogP contribution in [0.2, 0.25) is 0 Å². The smallest absolute Gasteiger partial charge is 0.206 e. The van der Waals surface area contributed by atoms with Crippen LogP contribution in [0.5, 0.6) is 0 Å². The Bertz CT molecular complexity index is 1170. The largest absolute Gasteiger partial charge is 0.510 e. The Labute approximate surface area is 185 Å². The Balaban J connectivity index is 1.42. The predicted octanol–water partition coefficient (Wildman–Crippen LogP) is 5.10. The molecule has 3 aromatic heterocycles. The van der Waals surface area contributed by atoms with Crippen LogP contribution in [0, 0.1) is 11.3 Å². The molecule has 3 N–H and O–H groups in total. The zero-order valence-corrected chi connectivity index (χ0v) is 18.4. The van der Waals surface area contributed by atoms with Crippen molar-refractivity contribution in [3.05, 3.63) is 58.2 Å². The maximum atomic E-state index is 10.7. The quantitative estimate of drug-likeness (QED) is 0.193. The van der Waals surface area contributed by atoms with Crippen molar-refractivity contribution in [2.24, 2.45) is 0 Å². The Morgan fingerprint density at radius 2 is 2.17 bits per heavy atom. The van der Waals surface area contributed by atoms with Crippen LogP contribution < -0.4 is 5.32 Å². The second kappa shape index (κ2) is 9.30. The van der Waals surface area contributed by atoms with E-state index in [2.05, 4.69) is 43.0 Å². The van der Waals surface area contributed by atoms with Gasteiger partial charge in [-0.2, -0.15) is 5.26 Å². The fourth-order valence-electron chi connectivity index (χ4n) is 2.79. The van der Waals surface area contributed by atoms with E-state index in [9.17, 15) is 10.4 Å². The molecule has 3 heterocycles. The predicted molar refractivity (Wildman–Crippen MR) is 123 cm³/mol. The molecule has 1 aromatic carbocycles. The molecule has 0 saturated heterocycles. The highest BCUT2D eigenvalue weighted by Crippen LogP contribution is 2.33. The molecule has 0 bridgehead atoms. The number of aliphatic hydroxyl groups excluding tert-OH is 1. The van der Waals surface area contributed by atoms with Crippen LogP contribution in [0.3, 0.4) is 0 Å². The molecule has 0 spiro atoms. The molecule has 4 rings (SSSR count). The summed E-state index contributed by atoms with van der Waals surface area (Å²) in [5, 5.41) is 34.3. The number of H-pyrrole nitrogens is 1. The number of imidazole rings is 1. The van der Waals surface area contributed by atoms with E-state index in [1.54, 1.807) is 11.3 Å². The van der Waals surface area contributed by atoms with Crippen molar-refractivity contribution in [2.45, 2.75) is 22.9 Å². The van der Waals surface area contributed by atoms with Crippen LogP contribution in [-0.4, -0.2) is 37.1 Å². The van der Waals surface area contributed by atoms with Crippen molar-refractivity contribution in [1.82, 2.24) is 20.2 Å². The van der Waals surface area contributed by atoms with Gasteiger partial charge in [-0.15, -0.1) is 21.5 Å². The minimum Gasteiger partial charge on any atom is -0.510 e. The lowest BCUT2D eigenvalue weighted by Crippen LogP contribution is -2.04. The van der Waals surface area contributed by atoms with E-state index in [1.807, 2.05) is 37.3 Å². The summed E-state index contributed by atoms with van der Waals surface area (Å²) >= 11 is 4.52. The Kier molecular flexibility index (Phi) is 6.32. The summed E-state index contributed by atoms with van der Waals surface area (Å²) < 4.78 is 0.717. The highest BCUT2D eigenvalue weighted by molar-refractivity contribution is 8.01. The lowest BCUT2D eigenvalue weighted by atomic mass is 10.2. The minimum atomic E-state index is -0.375. The number of allylic oxidation sites excluding steroid dienone is 1. The number of aliphatic hydroxyl groups is 1. The summed E-state index contributed by atoms with van der Waals surface area (Å²) in [5.74, 6) is 0.320. The van der Waals surface area contributed by atoms with E-state index in [0.717, 1.165) is 33.5 Å². The number of thioether (sulfide) groups is 1. The molecule has 0 aliphatic rings. The van der Waals surface area contributed by atoms with Gasteiger partial charge in [0.2, 0.25) is 5.13 Å². The minimum absolute atomic E-state index is 0.0380. The molecule has 30 heavy (non-hydrogen) atoms. The van der Waals surface area contributed by atoms with Crippen LogP contribution in [0.4, 0.5) is 5.13 Å². The maximum Gasteiger partial charge on any atom is 0.206 e. The number of nitrogens with one attached hydrogen (secondary N) is 2. The van der Waals surface area contributed by atoms with E-state index in [1.165, 1.54) is 28.0 Å². The van der Waals surface area contributed by atoms with Crippen molar-refractivity contribution in [3.63, 3.8) is 0 Å². The number of aromatic amines is 1. The van der Waals surface area contributed by atoms with Crippen LogP contribution in [0.25, 0.3) is 16.6 Å². The van der Waals surface area contributed by atoms with E-state index in [-0.39, 0.29) is 16.6 Å². The summed E-state index contributed by atoms with van der Waals surface area (Å²) in [7, 11) is 0. The van der Waals surface area contributed by atoms with Gasteiger partial charge in [0.1, 0.15) is 17.4 Å². The van der Waals surface area contributed by atoms with Crippen molar-refractivity contribution in [3.8, 4) is 6.07 Å². The van der Waals surface area contributed by atoms with Gasteiger partial charge in [-0.3, -0.25) is 0 Å². The van der Waals surface area contributed by atoms with Crippen molar-refractivity contribution >= 4 is 56.2 Å². The molecule has 1 atom stereocenters. The average Bonchev–Trinajstić information content (AvgIpc) is 3.49. The fourth-order valence-corrected chi connectivity index (χ4v) is 5.48. The Hall–Kier alpha value is -2.87. The van der Waals surface area contributed by atoms with E-state index < -0.39 is 0 Å². The number of hydrogen-bond acceptors (Lipinski definition) is 9. The molecule has 0 amide bonds. The number of rotatable bonds is 8. The van der Waals surface area contributed by atoms with Gasteiger partial charge >= 0.3 is 0 Å². The van der Waals surface area contributed by atoms with Crippen LogP contribution >= 0.6 is 34.4 Å². The zero-order valence-electron chi connectivity index (χ0n) is 16.0. The SMILES string of the molecule is CC(Sc1nnc(NCCc2cccs2)s1)/C(O)=C(\C#N)c1nc2ccccc2[nH]1. The molecule has 0 fully saturated rings. The molecule has 0 radical (unpaired) electrons. The number of hydrogen-bond donors (Lipinski definition) is 3. The monoisotopic (exact) mass is 454 g/mol. The third-order valence-corrected chi connectivity index (χ3v) is 7.30. The zero-order chi connectivity index (χ0) is 20.9. The van der Waals surface area contributed by atoms with Gasteiger partial charge in [0, 0.05) is 11.4 Å². The summed E-state index contributed by atoms with van der Waals surface area (Å²) in [5.41, 5.74) is 1.69. The molecule has 0 saturated carbocycles. The van der Waals surface area contributed by atoms with Crippen LogP contribution in [0.15, 0.2) is 51.9 Å². The summed E-state index contributed by atoms with van der Waals surface area (Å²) in [6.45, 7) is 2.61. The molecule has 0 aliphatic carbocycles. The Morgan fingerprint density at radius 3 is 2.93 bits per heavy atom. The van der Waals surface area contributed by atoms with E-state index >= 15 is 0 Å². The topological polar surface area (TPSA) is 111 Å². The number of anilines is 1. The number of benzene rings is 1. The van der Waals surface area contributed by atoms with Gasteiger partial charge in [-0.05, 0) is 36.9 Å². The fraction of sp³-hybridized carbons (Fsp3) is 0.200. The highest BCUT2D eigenvalue weighted by atomic mass is 32.2. The molecule has 0 aliphatic heterocycles. The van der Waals surface area contributed by atoms with Crippen molar-refractivity contribution in [2.75, 3.05) is 11.9 Å². The van der Waals surface area contributed by atoms with Gasteiger partial charge in [-0.25, -0.2) is 4.98 Å². The summed E-state index contributed by atoms with van der Waals surface area (Å²) in [6, 6.07) is 13.7. The van der Waals surface area contributed by atoms with Gasteiger partial charge in [0.05, 0.1) is 16.3 Å². The summed E-state index contributed by atoms with van der Waals surface area (Å²) in [6.07, 6.45) is 0.933. The second-order valence-electron chi connectivity index (χ2n) is 6.36. The first-order chi connectivity index (χ1) is 14.6. The number of aromatic nitrogens is 4. The average molecular weight is 455 g/mol. The molecule has 4 aromatic rings. The molecular weight excluding hydrogens is 436 g/mol. The normalized spacial score (nSPS) is 13.1. The van der Waals surface area contributed by atoms with Gasteiger partial charge in [-0.1, -0.05) is 41.3 Å². The second-order valence-corrected chi connectivity index (χ2v) is 9.96. The maximum absolute atomic E-state index is 10.7. The molecular formula is C20H18N6OS3. The number of thiophene rings is 1. The molecule has 7 nitrogen and oxygen atoms in total. The first-order valence-corrected chi connectivity index (χ1v) is 11.8. The van der Waals surface area contributed by atoms with Crippen molar-refractivity contribution in [1.29, 1.82) is 5.26 Å². The van der Waals surface area contributed by atoms with Gasteiger partial charge < -0.3 is 15.4 Å². The molecule has 10 heteroatoms. The van der Waals surface area contributed by atoms with Crippen molar-refractivity contribution < 1.29 is 5.11 Å². The van der Waals surface area contributed by atoms with Gasteiger partial charge in [0.25, 0.3) is 0 Å². The number of nitriles is 1. The lowest BCUT2D eigenvalue weighted by Gasteiger charge is -2.09. The third kappa shape index (κ3) is 4.64. The standard InChI is InChI=1S/C20H18N6OS3/c1-12(17(27)14(11-21)18-23-15-6-2-3-7-16(15)24-18)29-20-26-25-19(30-20)22-9-8-13-5-4-10-28-13/h2-7,10,12,27H,8-9H2,1H3,(H,22,25)(H,23,24)/b17-14-. The molecule has 1 unspecified atom stereocenters. The number of para-hydroxylation sites is 2. The number of nitrogens with zero attached hydrogens (tertiary/aromatic N) is 4. The Morgan fingerprint density at radius 1 is 1.30 bits per heavy atom. The van der Waals surface area contributed by atoms with E-state index in [0.29, 0.717) is 5.82 Å². The molecule has 152 valence electrons. The van der Waals surface area contributed by atoms with E-state index in [4.69, 9.17) is 0 Å². The van der Waals surface area contributed by atoms with Gasteiger partial charge in [0.15, 0.2) is 10.2 Å². The van der Waals surface area contributed by atoms with Crippen LogP contribution in [-0.2, 0) is 6.42 Å². The third-order valence-electron chi connectivity index (χ3n) is 4.29.